The van der Waals surface area contributed by atoms with Crippen molar-refractivity contribution in [1.82, 2.24) is 9.80 Å². The molecule has 1 N–H and O–H groups in total. The first-order chi connectivity index (χ1) is 42.1. The van der Waals surface area contributed by atoms with E-state index in [0.717, 1.165) is 122 Å². The minimum atomic E-state index is -0.745. The molecule has 1 saturated carbocycles. The van der Waals surface area contributed by atoms with Crippen LogP contribution in [0.5, 0.6) is 0 Å². The van der Waals surface area contributed by atoms with Crippen molar-refractivity contribution in [3.05, 3.63) is 0 Å². The molecule has 0 spiro atoms. The van der Waals surface area contributed by atoms with Crippen LogP contribution in [0, 0.1) is 11.8 Å². The van der Waals surface area contributed by atoms with E-state index in [0.29, 0.717) is 55.7 Å². The molecule has 2 atom stereocenters. The number of hydrogen-bond donors (Lipinski definition) is 1. The minimum Gasteiger partial charge on any atom is -0.481 e. The first-order valence-corrected chi connectivity index (χ1v) is 36.5. The number of likely N-dealkylation sites (tertiary alicyclic amines) is 1. The van der Waals surface area contributed by atoms with Crippen LogP contribution in [0.1, 0.15) is 367 Å². The van der Waals surface area contributed by atoms with Crippen LogP contribution in [0.25, 0.3) is 0 Å². The van der Waals surface area contributed by atoms with Gasteiger partial charge < -0.3 is 33.8 Å². The van der Waals surface area contributed by atoms with Gasteiger partial charge in [0.1, 0.15) is 24.1 Å². The molecule has 1 aliphatic carbocycles. The summed E-state index contributed by atoms with van der Waals surface area (Å²) in [7, 11) is 1.77. The van der Waals surface area contributed by atoms with Crippen molar-refractivity contribution in [2.24, 2.45) is 11.8 Å². The van der Waals surface area contributed by atoms with Gasteiger partial charge in [-0.1, -0.05) is 271 Å². The molecule has 0 aromatic heterocycles. The lowest BCUT2D eigenvalue weighted by Crippen LogP contribution is -2.35. The number of methoxy groups -OCH3 is 1. The first kappa shape index (κ1) is 97.4. The van der Waals surface area contributed by atoms with E-state index in [2.05, 4.69) is 62.3 Å². The Morgan fingerprint density at radius 2 is 0.966 bits per heavy atom. The van der Waals surface area contributed by atoms with Crippen molar-refractivity contribution in [1.29, 1.82) is 0 Å². The average molecular weight is 1240 g/mol. The molecule has 2 fully saturated rings. The molecule has 2 unspecified atom stereocenters. The lowest BCUT2D eigenvalue weighted by molar-refractivity contribution is -0.145. The predicted molar refractivity (Wildman–Crippen MR) is 372 cm³/mol. The molecule has 1 amide bonds. The maximum atomic E-state index is 11.5. The number of likely N-dealkylation sites (N-methyl/N-ethyl adjacent to an activating group) is 1. The fourth-order valence-electron chi connectivity index (χ4n) is 8.45. The summed E-state index contributed by atoms with van der Waals surface area (Å²) in [5.41, 5.74) is 0. The third-order valence-corrected chi connectivity index (χ3v) is 15.0. The normalized spacial score (nSPS) is 12.9. The third kappa shape index (κ3) is 87.1. The number of esters is 1. The number of nitrogens with zero attached hydrogens (tertiary/aromatic N) is 2. The van der Waals surface area contributed by atoms with E-state index in [1.165, 1.54) is 161 Å². The molecule has 1 saturated heterocycles. The number of carbonyl (C=O) groups is 7. The Bertz CT molecular complexity index is 1380. The fourth-order valence-corrected chi connectivity index (χ4v) is 8.45. The Hall–Kier alpha value is -3.19. The molecule has 0 radical (unpaired) electrons. The van der Waals surface area contributed by atoms with E-state index in [-0.39, 0.29) is 25.0 Å². The lowest BCUT2D eigenvalue weighted by Gasteiger charge is -2.22. The number of unbranched alkanes of at least 4 members (excludes halogenated alkanes) is 23. The molecule has 13 nitrogen and oxygen atoms in total. The number of Topliss-reactive ketones (excluding diaryl/α,β-unsaturated/α-hetero) is 2. The van der Waals surface area contributed by atoms with Crippen molar-refractivity contribution >= 4 is 42.2 Å². The van der Waals surface area contributed by atoms with Crippen LogP contribution in [0.3, 0.4) is 0 Å². The molecule has 13 heteroatoms. The zero-order chi connectivity index (χ0) is 67.3. The molecule has 1 heterocycles. The maximum absolute atomic E-state index is 11.5. The molecule has 0 aromatic rings. The Morgan fingerprint density at radius 1 is 0.529 bits per heavy atom. The Morgan fingerprint density at radius 3 is 1.30 bits per heavy atom. The van der Waals surface area contributed by atoms with Crippen LogP contribution < -0.4 is 0 Å². The number of ketones is 2. The van der Waals surface area contributed by atoms with E-state index < -0.39 is 5.97 Å². The number of aldehydes is 2. The molecule has 2 rings (SSSR count). The average Bonchev–Trinajstić information content (AvgIpc) is 4.28. The number of carboxylic acids is 1. The molecular weight excluding hydrogens is 1090 g/mol. The molecule has 0 bridgehead atoms. The van der Waals surface area contributed by atoms with Crippen molar-refractivity contribution in [3.8, 4) is 0 Å². The second kappa shape index (κ2) is 87.0. The highest BCUT2D eigenvalue weighted by molar-refractivity contribution is 5.78. The van der Waals surface area contributed by atoms with Gasteiger partial charge in [-0.15, -0.1) is 0 Å². The smallest absolute Gasteiger partial charge is 0.410 e. The van der Waals surface area contributed by atoms with E-state index in [1.807, 2.05) is 39.5 Å². The Balaban J connectivity index is -0.000000173. The van der Waals surface area contributed by atoms with E-state index in [1.54, 1.807) is 18.9 Å². The summed E-state index contributed by atoms with van der Waals surface area (Å²) in [6.07, 6.45) is 50.0. The molecular formula is C74H150N2O11. The quantitative estimate of drug-likeness (QED) is 0.0348. The summed E-state index contributed by atoms with van der Waals surface area (Å²) < 4.78 is 15.2. The van der Waals surface area contributed by atoms with Gasteiger partial charge >= 0.3 is 18.0 Å². The highest BCUT2D eigenvalue weighted by Crippen LogP contribution is 2.23. The lowest BCUT2D eigenvalue weighted by atomic mass is 9.87. The van der Waals surface area contributed by atoms with Crippen LogP contribution in [-0.4, -0.2) is 116 Å². The van der Waals surface area contributed by atoms with Crippen molar-refractivity contribution in [3.63, 3.8) is 0 Å². The summed E-state index contributed by atoms with van der Waals surface area (Å²) in [6, 6.07) is 0.421. The minimum absolute atomic E-state index is 0.119. The number of amides is 1. The molecule has 522 valence electrons. The Labute approximate surface area is 540 Å². The number of ether oxygens (including phenoxy) is 3. The van der Waals surface area contributed by atoms with Crippen molar-refractivity contribution in [2.75, 3.05) is 53.1 Å². The van der Waals surface area contributed by atoms with Gasteiger partial charge in [0.25, 0.3) is 0 Å². The van der Waals surface area contributed by atoms with E-state index in [9.17, 15) is 33.6 Å². The summed E-state index contributed by atoms with van der Waals surface area (Å²) in [5.74, 6) is 0.941. The zero-order valence-corrected chi connectivity index (χ0v) is 60.8. The van der Waals surface area contributed by atoms with Crippen molar-refractivity contribution < 1.29 is 52.9 Å². The second-order valence-corrected chi connectivity index (χ2v) is 23.2. The number of carbonyl (C=O) groups excluding carboxylic acids is 6. The standard InChI is InChI=1S/C15H30O.C14H27NO3.C12H24O.C10H19NO2.C9H20O.C5H8O.C4H10.C3H6O2.C2H6/c1-4-6-7-8-9-10-11-12-15(16)13-14(3)5-2;1-3-5-6-7-8-9-12-18-14(17)13-15(4-2)10-11-16;1-3-5-6-7-8-9-10-11-12(13)4-2;1-3-8-13-10(12)11-7-5-6-9(11)4-2;1-3-4-5-6-7-8-9-10-2;6-4-5-2-1-3-5;1-3-4-2;1-2-3(4)5;1-2/h14H,4-13H2,1-3H3;11H,3-10,12-13H2,1-2H3;3-11H2,1-2H3;9H,3-8H2,1-2H3;3-9H2,1-2H3;4-5H,1-3H2;3-4H2,1-2H3;2H2,1H3,(H,4,5);1-2H3. The predicted octanol–water partition coefficient (Wildman–Crippen LogP) is 21.3. The second-order valence-electron chi connectivity index (χ2n) is 23.2. The third-order valence-electron chi connectivity index (χ3n) is 15.0. The van der Waals surface area contributed by atoms with Crippen LogP contribution in [0.15, 0.2) is 0 Å². The number of carboxylic acid groups (broad SMARTS) is 1. The van der Waals surface area contributed by atoms with Gasteiger partial charge in [0, 0.05) is 64.3 Å². The summed E-state index contributed by atoms with van der Waals surface area (Å²) >= 11 is 0. The van der Waals surface area contributed by atoms with Crippen LogP contribution in [-0.2, 0) is 43.0 Å². The topological polar surface area (TPSA) is 174 Å². The zero-order valence-electron chi connectivity index (χ0n) is 60.8. The van der Waals surface area contributed by atoms with E-state index in [4.69, 9.17) is 19.3 Å². The largest absolute Gasteiger partial charge is 0.481 e. The maximum Gasteiger partial charge on any atom is 0.410 e. The molecule has 87 heavy (non-hydrogen) atoms. The van der Waals surface area contributed by atoms with Gasteiger partial charge in [-0.3, -0.25) is 24.1 Å². The van der Waals surface area contributed by atoms with Crippen molar-refractivity contribution in [2.45, 2.75) is 373 Å². The number of rotatable bonds is 45. The highest BCUT2D eigenvalue weighted by Gasteiger charge is 2.28. The van der Waals surface area contributed by atoms with Crippen LogP contribution in [0.2, 0.25) is 0 Å². The summed E-state index contributed by atoms with van der Waals surface area (Å²) in [5, 5.41) is 7.72. The Kier molecular flexibility index (Phi) is 97.4. The summed E-state index contributed by atoms with van der Waals surface area (Å²) in [4.78, 5) is 78.5. The van der Waals surface area contributed by atoms with Gasteiger partial charge in [-0.2, -0.15) is 0 Å². The molecule has 2 aliphatic rings. The fraction of sp³-hybridized carbons (Fsp3) is 0.905. The molecule has 1 aliphatic heterocycles. The number of aliphatic carboxylic acids is 1. The SMILES string of the molecule is CC.CCC(=O)O.CCCC.CCCCCCCCCC(=O)CC.CCCCCCCCCC(=O)CC(C)CC.CCCCCCCCOC.CCCCCCCCOC(=O)CN(CC)CC=O.CCCOC(=O)N1CCCC1CC.O=CC1CCC1. The van der Waals surface area contributed by atoms with Gasteiger partial charge in [0.05, 0.1) is 26.3 Å². The first-order valence-electron chi connectivity index (χ1n) is 36.5. The van der Waals surface area contributed by atoms with E-state index >= 15 is 0 Å². The molecule has 0 aromatic carbocycles. The van der Waals surface area contributed by atoms with Gasteiger partial charge in [-0.25, -0.2) is 4.79 Å². The highest BCUT2D eigenvalue weighted by atomic mass is 16.6. The summed E-state index contributed by atoms with van der Waals surface area (Å²) in [6.45, 7) is 35.3. The number of hydrogen-bond acceptors (Lipinski definition) is 11. The van der Waals surface area contributed by atoms with Crippen LogP contribution >= 0.6 is 0 Å². The van der Waals surface area contributed by atoms with Gasteiger partial charge in [-0.05, 0) is 76.7 Å². The van der Waals surface area contributed by atoms with Gasteiger partial charge in [0.2, 0.25) is 0 Å². The van der Waals surface area contributed by atoms with Gasteiger partial charge in [0.15, 0.2) is 0 Å². The van der Waals surface area contributed by atoms with Crippen LogP contribution in [0.4, 0.5) is 4.79 Å². The monoisotopic (exact) mass is 1240 g/mol.